The maximum Gasteiger partial charge on any atom is 0.256 e. The number of nitrogens with zero attached hydrogens (tertiary/aromatic N) is 5. The van der Waals surface area contributed by atoms with Crippen LogP contribution in [0, 0.1) is 0 Å². The molecule has 0 saturated carbocycles. The second-order valence-electron chi connectivity index (χ2n) is 7.40. The minimum Gasteiger partial charge on any atom is -0.487 e. The highest BCUT2D eigenvalue weighted by Crippen LogP contribution is 2.32. The van der Waals surface area contributed by atoms with Crippen molar-refractivity contribution in [3.63, 3.8) is 0 Å². The molecular formula is C22H21N5O2S. The molecule has 0 aliphatic carbocycles. The minimum atomic E-state index is -0.0622. The number of para-hydroxylation sites is 1. The molecule has 7 nitrogen and oxygen atoms in total. The van der Waals surface area contributed by atoms with Crippen molar-refractivity contribution >= 4 is 27.5 Å². The third kappa shape index (κ3) is 3.43. The Balaban J connectivity index is 1.39. The number of hydrogen-bond acceptors (Lipinski definition) is 6. The molecule has 0 N–H and O–H groups in total. The molecule has 1 amide bonds. The maximum atomic E-state index is 13.5. The third-order valence-corrected chi connectivity index (χ3v) is 6.39. The van der Waals surface area contributed by atoms with Gasteiger partial charge in [0.2, 0.25) is 0 Å². The van der Waals surface area contributed by atoms with Crippen LogP contribution in [0.1, 0.15) is 30.1 Å². The standard InChI is InChI=1S/C22H21N5O2S/c1-15-6-7-16(29-20-8-10-23-18-9-13-30-21(18)20)14-26(15)22(28)17-4-2-3-5-19(17)27-24-11-12-25-27/h2-5,8-13,15-16H,6-7,14H2,1H3/t15-,16+/m1/s1. The number of benzene rings is 1. The highest BCUT2D eigenvalue weighted by Gasteiger charge is 2.32. The summed E-state index contributed by atoms with van der Waals surface area (Å²) in [7, 11) is 0. The monoisotopic (exact) mass is 419 g/mol. The van der Waals surface area contributed by atoms with Gasteiger partial charge in [0.15, 0.2) is 0 Å². The van der Waals surface area contributed by atoms with E-state index in [1.165, 1.54) is 4.80 Å². The van der Waals surface area contributed by atoms with Crippen molar-refractivity contribution in [2.75, 3.05) is 6.54 Å². The zero-order valence-corrected chi connectivity index (χ0v) is 17.3. The summed E-state index contributed by atoms with van der Waals surface area (Å²) >= 11 is 1.62. The van der Waals surface area contributed by atoms with Crippen LogP contribution >= 0.6 is 11.3 Å². The quantitative estimate of drug-likeness (QED) is 0.501. The van der Waals surface area contributed by atoms with E-state index < -0.39 is 0 Å². The van der Waals surface area contributed by atoms with Gasteiger partial charge in [0, 0.05) is 12.2 Å². The number of ether oxygens (including phenoxy) is 1. The number of fused-ring (bicyclic) bond motifs is 1. The van der Waals surface area contributed by atoms with E-state index in [4.69, 9.17) is 4.74 Å². The molecule has 8 heteroatoms. The average molecular weight is 420 g/mol. The van der Waals surface area contributed by atoms with Crippen LogP contribution in [0.15, 0.2) is 60.4 Å². The molecule has 4 heterocycles. The first-order valence-corrected chi connectivity index (χ1v) is 10.8. The molecule has 1 saturated heterocycles. The number of aromatic nitrogens is 4. The minimum absolute atomic E-state index is 0.0281. The van der Waals surface area contributed by atoms with Gasteiger partial charge in [-0.2, -0.15) is 15.0 Å². The van der Waals surface area contributed by atoms with E-state index >= 15 is 0 Å². The van der Waals surface area contributed by atoms with Gasteiger partial charge in [0.05, 0.1) is 40.4 Å². The second kappa shape index (κ2) is 7.87. The number of thiophene rings is 1. The van der Waals surface area contributed by atoms with Crippen molar-refractivity contribution in [2.45, 2.75) is 31.9 Å². The summed E-state index contributed by atoms with van der Waals surface area (Å²) in [6.45, 7) is 2.63. The normalized spacial score (nSPS) is 19.2. The van der Waals surface area contributed by atoms with Crippen LogP contribution < -0.4 is 4.74 Å². The number of amides is 1. The first-order valence-electron chi connectivity index (χ1n) is 9.96. The summed E-state index contributed by atoms with van der Waals surface area (Å²) < 4.78 is 7.39. The Labute approximate surface area is 177 Å². The topological polar surface area (TPSA) is 73.1 Å². The van der Waals surface area contributed by atoms with Crippen LogP contribution in [0.4, 0.5) is 0 Å². The summed E-state index contributed by atoms with van der Waals surface area (Å²) in [6.07, 6.45) is 6.71. The van der Waals surface area contributed by atoms with Crippen molar-refractivity contribution in [3.05, 3.63) is 65.9 Å². The van der Waals surface area contributed by atoms with Crippen LogP contribution in [-0.2, 0) is 0 Å². The Kier molecular flexibility index (Phi) is 4.92. The van der Waals surface area contributed by atoms with Crippen molar-refractivity contribution in [2.24, 2.45) is 0 Å². The highest BCUT2D eigenvalue weighted by atomic mass is 32.1. The highest BCUT2D eigenvalue weighted by molar-refractivity contribution is 7.17. The van der Waals surface area contributed by atoms with Gasteiger partial charge in [-0.1, -0.05) is 12.1 Å². The molecule has 0 spiro atoms. The molecule has 1 aliphatic heterocycles. The van der Waals surface area contributed by atoms with Crippen LogP contribution in [0.25, 0.3) is 15.9 Å². The van der Waals surface area contributed by atoms with Gasteiger partial charge in [0.1, 0.15) is 11.9 Å². The second-order valence-corrected chi connectivity index (χ2v) is 8.32. The number of likely N-dealkylation sites (tertiary alicyclic amines) is 1. The van der Waals surface area contributed by atoms with Crippen molar-refractivity contribution in [1.29, 1.82) is 0 Å². The van der Waals surface area contributed by atoms with Crippen molar-refractivity contribution in [1.82, 2.24) is 24.9 Å². The molecule has 0 unspecified atom stereocenters. The third-order valence-electron chi connectivity index (χ3n) is 5.47. The molecule has 5 rings (SSSR count). The smallest absolute Gasteiger partial charge is 0.256 e. The van der Waals surface area contributed by atoms with Crippen LogP contribution in [0.3, 0.4) is 0 Å². The van der Waals surface area contributed by atoms with E-state index in [9.17, 15) is 4.79 Å². The molecule has 4 aromatic rings. The summed E-state index contributed by atoms with van der Waals surface area (Å²) in [5.41, 5.74) is 2.21. The Hall–Kier alpha value is -3.26. The fourth-order valence-electron chi connectivity index (χ4n) is 3.90. The summed E-state index contributed by atoms with van der Waals surface area (Å²) in [4.78, 5) is 21.3. The van der Waals surface area contributed by atoms with Crippen molar-refractivity contribution < 1.29 is 9.53 Å². The lowest BCUT2D eigenvalue weighted by Gasteiger charge is -2.38. The molecular weight excluding hydrogens is 398 g/mol. The van der Waals surface area contributed by atoms with Gasteiger partial charge < -0.3 is 9.64 Å². The maximum absolute atomic E-state index is 13.5. The summed E-state index contributed by atoms with van der Waals surface area (Å²) in [6, 6.07) is 11.5. The van der Waals surface area contributed by atoms with Gasteiger partial charge in [-0.15, -0.1) is 11.3 Å². The first-order chi connectivity index (χ1) is 14.7. The van der Waals surface area contributed by atoms with Gasteiger partial charge >= 0.3 is 0 Å². The largest absolute Gasteiger partial charge is 0.487 e. The van der Waals surface area contributed by atoms with E-state index in [1.807, 2.05) is 46.7 Å². The van der Waals surface area contributed by atoms with Gasteiger partial charge in [-0.3, -0.25) is 9.78 Å². The molecule has 1 aliphatic rings. The SMILES string of the molecule is C[C@@H]1CC[C@H](Oc2ccnc3ccsc23)CN1C(=O)c1ccccc1-n1nccn1. The summed E-state index contributed by atoms with van der Waals surface area (Å²) in [5, 5.41) is 10.4. The number of hydrogen-bond donors (Lipinski definition) is 0. The fraction of sp³-hybridized carbons (Fsp3) is 0.273. The molecule has 2 atom stereocenters. The number of piperidine rings is 1. The van der Waals surface area contributed by atoms with Gasteiger partial charge in [-0.05, 0) is 49.4 Å². The molecule has 1 fully saturated rings. The Morgan fingerprint density at radius 1 is 1.10 bits per heavy atom. The molecule has 0 radical (unpaired) electrons. The van der Waals surface area contributed by atoms with Crippen LogP contribution in [0.5, 0.6) is 5.75 Å². The van der Waals surface area contributed by atoms with E-state index in [2.05, 4.69) is 22.1 Å². The molecule has 1 aromatic carbocycles. The molecule has 3 aromatic heterocycles. The van der Waals surface area contributed by atoms with Crippen LogP contribution in [-0.4, -0.2) is 49.5 Å². The predicted octanol–water partition coefficient (Wildman–Crippen LogP) is 3.95. The van der Waals surface area contributed by atoms with Gasteiger partial charge in [0.25, 0.3) is 5.91 Å². The zero-order chi connectivity index (χ0) is 20.5. The fourth-order valence-corrected chi connectivity index (χ4v) is 4.71. The Morgan fingerprint density at radius 3 is 2.80 bits per heavy atom. The molecule has 30 heavy (non-hydrogen) atoms. The molecule has 0 bridgehead atoms. The van der Waals surface area contributed by atoms with Crippen molar-refractivity contribution in [3.8, 4) is 11.4 Å². The van der Waals surface area contributed by atoms with E-state index in [1.54, 1.807) is 29.9 Å². The van der Waals surface area contributed by atoms with E-state index in [-0.39, 0.29) is 18.1 Å². The lowest BCUT2D eigenvalue weighted by atomic mass is 9.99. The zero-order valence-electron chi connectivity index (χ0n) is 16.5. The molecule has 152 valence electrons. The number of carbonyl (C=O) groups excluding carboxylic acids is 1. The van der Waals surface area contributed by atoms with E-state index in [0.29, 0.717) is 17.8 Å². The Morgan fingerprint density at radius 2 is 1.93 bits per heavy atom. The Bertz CT molecular complexity index is 1170. The summed E-state index contributed by atoms with van der Waals surface area (Å²) in [5.74, 6) is 0.808. The van der Waals surface area contributed by atoms with Gasteiger partial charge in [-0.25, -0.2) is 0 Å². The lowest BCUT2D eigenvalue weighted by molar-refractivity contribution is 0.0388. The number of pyridine rings is 1. The number of carbonyl (C=O) groups is 1. The average Bonchev–Trinajstić information content (AvgIpc) is 3.47. The predicted molar refractivity (Wildman–Crippen MR) is 115 cm³/mol. The van der Waals surface area contributed by atoms with Crippen LogP contribution in [0.2, 0.25) is 0 Å². The van der Waals surface area contributed by atoms with E-state index in [0.717, 1.165) is 28.8 Å². The number of rotatable bonds is 4. The first kappa shape index (κ1) is 18.7. The lowest BCUT2D eigenvalue weighted by Crippen LogP contribution is -2.49.